The number of piperidine rings is 1. The molecule has 124 valence electrons. The molecular formula is C17H20FNO3S. The molecule has 1 N–H and O–H groups in total. The van der Waals surface area contributed by atoms with Gasteiger partial charge in [0.1, 0.15) is 10.7 Å². The van der Waals surface area contributed by atoms with Gasteiger partial charge in [-0.25, -0.2) is 9.18 Å². The van der Waals surface area contributed by atoms with Crippen molar-refractivity contribution in [3.8, 4) is 0 Å². The van der Waals surface area contributed by atoms with Gasteiger partial charge in [0, 0.05) is 28.8 Å². The number of likely N-dealkylation sites (tertiary alicyclic amines) is 1. The van der Waals surface area contributed by atoms with Gasteiger partial charge in [0.25, 0.3) is 0 Å². The highest BCUT2D eigenvalue weighted by Gasteiger charge is 2.25. The van der Waals surface area contributed by atoms with Gasteiger partial charge >= 0.3 is 5.97 Å². The predicted molar refractivity (Wildman–Crippen MR) is 88.2 cm³/mol. The van der Waals surface area contributed by atoms with E-state index in [9.17, 15) is 14.3 Å². The predicted octanol–water partition coefficient (Wildman–Crippen LogP) is 3.03. The lowest BCUT2D eigenvalue weighted by Crippen LogP contribution is -2.34. The number of methoxy groups -OCH3 is 1. The normalized spacial score (nSPS) is 16.8. The number of rotatable bonds is 4. The van der Waals surface area contributed by atoms with Gasteiger partial charge in [-0.05, 0) is 44.0 Å². The Balaban J connectivity index is 1.93. The molecule has 1 fully saturated rings. The number of carbonyl (C=O) groups is 1. The summed E-state index contributed by atoms with van der Waals surface area (Å²) in [5.74, 6) is -0.359. The Kier molecular flexibility index (Phi) is 4.94. The molecule has 0 radical (unpaired) electrons. The molecule has 0 amide bonds. The van der Waals surface area contributed by atoms with Crippen LogP contribution in [0, 0.1) is 11.7 Å². The van der Waals surface area contributed by atoms with E-state index in [1.807, 2.05) is 6.07 Å². The van der Waals surface area contributed by atoms with Gasteiger partial charge in [0.15, 0.2) is 0 Å². The first-order chi connectivity index (χ1) is 11.1. The van der Waals surface area contributed by atoms with Gasteiger partial charge in [-0.1, -0.05) is 6.07 Å². The zero-order valence-corrected chi connectivity index (χ0v) is 13.9. The highest BCUT2D eigenvalue weighted by atomic mass is 32.1. The van der Waals surface area contributed by atoms with Crippen molar-refractivity contribution < 1.29 is 19.0 Å². The van der Waals surface area contributed by atoms with Crippen molar-refractivity contribution in [1.29, 1.82) is 0 Å². The molecule has 1 saturated heterocycles. The molecule has 2 heterocycles. The summed E-state index contributed by atoms with van der Waals surface area (Å²) in [7, 11) is 1.35. The van der Waals surface area contributed by atoms with E-state index in [2.05, 4.69) is 4.90 Å². The van der Waals surface area contributed by atoms with Gasteiger partial charge in [-0.15, -0.1) is 11.3 Å². The number of aliphatic hydroxyl groups is 1. The van der Waals surface area contributed by atoms with E-state index in [1.165, 1.54) is 24.5 Å². The fourth-order valence-electron chi connectivity index (χ4n) is 3.13. The average Bonchev–Trinajstić information content (AvgIpc) is 2.95. The summed E-state index contributed by atoms with van der Waals surface area (Å²) in [5.41, 5.74) is 0.720. The number of fused-ring (bicyclic) bond motifs is 1. The third kappa shape index (κ3) is 3.24. The molecule has 2 aromatic rings. The average molecular weight is 337 g/mol. The first kappa shape index (κ1) is 16.4. The maximum atomic E-state index is 14.3. The number of thiophene rings is 1. The molecule has 6 heteroatoms. The summed E-state index contributed by atoms with van der Waals surface area (Å²) >= 11 is 1.28. The number of nitrogens with zero attached hydrogens (tertiary/aromatic N) is 1. The molecule has 4 nitrogen and oxygen atoms in total. The van der Waals surface area contributed by atoms with E-state index in [4.69, 9.17) is 4.74 Å². The van der Waals surface area contributed by atoms with Crippen molar-refractivity contribution in [2.24, 2.45) is 5.92 Å². The smallest absolute Gasteiger partial charge is 0.348 e. The van der Waals surface area contributed by atoms with Crippen molar-refractivity contribution in [2.45, 2.75) is 19.4 Å². The number of benzene rings is 1. The topological polar surface area (TPSA) is 49.8 Å². The summed E-state index contributed by atoms with van der Waals surface area (Å²) in [6.07, 6.45) is 1.85. The second-order valence-corrected chi connectivity index (χ2v) is 6.97. The summed E-state index contributed by atoms with van der Waals surface area (Å²) in [6, 6.07) is 4.92. The molecule has 3 rings (SSSR count). The third-order valence-electron chi connectivity index (χ3n) is 4.48. The molecule has 0 bridgehead atoms. The number of esters is 1. The molecule has 0 atom stereocenters. The molecule has 1 aromatic carbocycles. The zero-order valence-electron chi connectivity index (χ0n) is 13.0. The number of halogens is 1. The van der Waals surface area contributed by atoms with Crippen LogP contribution in [-0.2, 0) is 11.3 Å². The van der Waals surface area contributed by atoms with Gasteiger partial charge in [0.2, 0.25) is 0 Å². The van der Waals surface area contributed by atoms with Crippen LogP contribution in [-0.4, -0.2) is 42.8 Å². The van der Waals surface area contributed by atoms with Crippen molar-refractivity contribution in [2.75, 3.05) is 26.8 Å². The first-order valence-electron chi connectivity index (χ1n) is 7.75. The Hall–Kier alpha value is -1.50. The molecule has 0 unspecified atom stereocenters. The molecular weight excluding hydrogens is 317 g/mol. The lowest BCUT2D eigenvalue weighted by Gasteiger charge is -2.31. The van der Waals surface area contributed by atoms with E-state index in [-0.39, 0.29) is 12.4 Å². The summed E-state index contributed by atoms with van der Waals surface area (Å²) in [6.45, 7) is 2.44. The molecule has 23 heavy (non-hydrogen) atoms. The quantitative estimate of drug-likeness (QED) is 0.871. The Morgan fingerprint density at radius 2 is 2.17 bits per heavy atom. The third-order valence-corrected chi connectivity index (χ3v) is 5.66. The largest absolute Gasteiger partial charge is 0.465 e. The van der Waals surface area contributed by atoms with E-state index >= 15 is 0 Å². The molecule has 0 saturated carbocycles. The molecule has 1 aliphatic rings. The lowest BCUT2D eigenvalue weighted by atomic mass is 9.97. The van der Waals surface area contributed by atoms with Crippen molar-refractivity contribution >= 4 is 27.4 Å². The zero-order chi connectivity index (χ0) is 16.4. The van der Waals surface area contributed by atoms with Crippen LogP contribution in [0.1, 0.15) is 28.1 Å². The number of ether oxygens (including phenoxy) is 1. The van der Waals surface area contributed by atoms with Crippen LogP contribution in [0.2, 0.25) is 0 Å². The van der Waals surface area contributed by atoms with Crippen LogP contribution in [0.3, 0.4) is 0 Å². The Labute approximate surface area is 138 Å². The van der Waals surface area contributed by atoms with Crippen molar-refractivity contribution in [1.82, 2.24) is 4.90 Å². The number of carbonyl (C=O) groups excluding carboxylic acids is 1. The van der Waals surface area contributed by atoms with Crippen LogP contribution in [0.5, 0.6) is 0 Å². The van der Waals surface area contributed by atoms with Gasteiger partial charge in [-0.2, -0.15) is 0 Å². The van der Waals surface area contributed by atoms with E-state index in [0.717, 1.165) is 36.2 Å². The minimum absolute atomic E-state index is 0.220. The fourth-order valence-corrected chi connectivity index (χ4v) is 4.27. The first-order valence-corrected chi connectivity index (χ1v) is 8.57. The van der Waals surface area contributed by atoms with E-state index in [1.54, 1.807) is 6.07 Å². The highest BCUT2D eigenvalue weighted by Crippen LogP contribution is 2.35. The standard InChI is InChI=1S/C17H20FNO3S/c1-22-17(21)16-12(9-19-7-5-11(10-20)6-8-19)15-13(18)3-2-4-14(15)23-16/h2-4,11,20H,5-10H2,1H3. The summed E-state index contributed by atoms with van der Waals surface area (Å²) in [5, 5.41) is 9.76. The molecule has 0 aliphatic carbocycles. The van der Waals surface area contributed by atoms with E-state index < -0.39 is 5.97 Å². The SMILES string of the molecule is COC(=O)c1sc2cccc(F)c2c1CN1CCC(CO)CC1. The van der Waals surface area contributed by atoms with Crippen LogP contribution in [0.4, 0.5) is 4.39 Å². The van der Waals surface area contributed by atoms with Gasteiger partial charge in [0.05, 0.1) is 7.11 Å². The summed E-state index contributed by atoms with van der Waals surface area (Å²) in [4.78, 5) is 14.8. The van der Waals surface area contributed by atoms with Crippen LogP contribution >= 0.6 is 11.3 Å². The molecule has 1 aliphatic heterocycles. The van der Waals surface area contributed by atoms with Gasteiger partial charge in [-0.3, -0.25) is 4.90 Å². The Morgan fingerprint density at radius 1 is 1.43 bits per heavy atom. The Bertz CT molecular complexity index is 707. The minimum atomic E-state index is -0.411. The molecule has 0 spiro atoms. The minimum Gasteiger partial charge on any atom is -0.465 e. The van der Waals surface area contributed by atoms with E-state index in [0.29, 0.717) is 22.7 Å². The van der Waals surface area contributed by atoms with Crippen LogP contribution in [0.25, 0.3) is 10.1 Å². The molecule has 1 aromatic heterocycles. The fraction of sp³-hybridized carbons (Fsp3) is 0.471. The number of hydrogen-bond acceptors (Lipinski definition) is 5. The maximum Gasteiger partial charge on any atom is 0.348 e. The lowest BCUT2D eigenvalue weighted by molar-refractivity contribution is 0.0603. The monoisotopic (exact) mass is 337 g/mol. The second-order valence-electron chi connectivity index (χ2n) is 5.92. The number of hydrogen-bond donors (Lipinski definition) is 1. The number of aliphatic hydroxyl groups excluding tert-OH is 1. The summed E-state index contributed by atoms with van der Waals surface area (Å²) < 4.78 is 19.9. The van der Waals surface area contributed by atoms with Gasteiger partial charge < -0.3 is 9.84 Å². The van der Waals surface area contributed by atoms with Crippen LogP contribution in [0.15, 0.2) is 18.2 Å². The Morgan fingerprint density at radius 3 is 2.83 bits per heavy atom. The van der Waals surface area contributed by atoms with Crippen molar-refractivity contribution in [3.63, 3.8) is 0 Å². The van der Waals surface area contributed by atoms with Crippen LogP contribution < -0.4 is 0 Å². The second kappa shape index (κ2) is 6.95. The highest BCUT2D eigenvalue weighted by molar-refractivity contribution is 7.21. The van der Waals surface area contributed by atoms with Crippen molar-refractivity contribution in [3.05, 3.63) is 34.5 Å². The maximum absolute atomic E-state index is 14.3.